The molecule has 3 nitrogen and oxygen atoms in total. The predicted molar refractivity (Wildman–Crippen MR) is 53.0 cm³/mol. The van der Waals surface area contributed by atoms with Gasteiger partial charge in [0.25, 0.3) is 0 Å². The summed E-state index contributed by atoms with van der Waals surface area (Å²) in [4.78, 5) is 10.7. The zero-order valence-electron chi connectivity index (χ0n) is 8.60. The molecule has 0 aliphatic carbocycles. The standard InChI is InChI=1S/C9H18O2.ClH2N/c1-4-6-9(3,7-5-2)8(10)11;1-2/h4-7H2,1-3H3,(H,10,11);2H2/p-1. The number of aliphatic carboxylic acids is 1. The number of carboxylic acid groups (broad SMARTS) is 1. The third-order valence-electron chi connectivity index (χ3n) is 2.10. The second-order valence-electron chi connectivity index (χ2n) is 3.35. The summed E-state index contributed by atoms with van der Waals surface area (Å²) in [6.07, 6.45) is 3.27. The van der Waals surface area contributed by atoms with Gasteiger partial charge in [-0.2, -0.15) is 0 Å². The van der Waals surface area contributed by atoms with Gasteiger partial charge in [0.1, 0.15) is 0 Å². The first kappa shape index (κ1) is 15.2. The van der Waals surface area contributed by atoms with Crippen LogP contribution in [0.1, 0.15) is 46.5 Å². The number of hydrogen-bond donors (Lipinski definition) is 1. The molecule has 13 heavy (non-hydrogen) atoms. The highest BCUT2D eigenvalue weighted by molar-refractivity contribution is 6.11. The Kier molecular flexibility index (Phi) is 9.74. The molecule has 0 rings (SSSR count). The van der Waals surface area contributed by atoms with E-state index in [9.17, 15) is 9.90 Å². The number of carbonyl (C=O) groups is 1. The van der Waals surface area contributed by atoms with Crippen molar-refractivity contribution in [1.82, 2.24) is 0 Å². The average molecular weight is 209 g/mol. The maximum absolute atomic E-state index is 10.7. The van der Waals surface area contributed by atoms with Gasteiger partial charge in [-0.25, -0.2) is 5.25 Å². The SMILES string of the molecule is CCCC(C)(CCC)C(=O)[O-].NCl. The fourth-order valence-corrected chi connectivity index (χ4v) is 1.43. The van der Waals surface area contributed by atoms with Crippen molar-refractivity contribution in [2.75, 3.05) is 0 Å². The van der Waals surface area contributed by atoms with E-state index in [0.717, 1.165) is 25.7 Å². The number of carboxylic acids is 1. The van der Waals surface area contributed by atoms with Gasteiger partial charge in [-0.1, -0.05) is 33.6 Å². The molecule has 0 aromatic heterocycles. The Morgan fingerprint density at radius 1 is 1.31 bits per heavy atom. The van der Waals surface area contributed by atoms with Gasteiger partial charge in [0.05, 0.1) is 0 Å². The maximum Gasteiger partial charge on any atom is 0.0473 e. The normalized spacial score (nSPS) is 10.2. The molecule has 0 spiro atoms. The molecule has 0 radical (unpaired) electrons. The molecule has 0 atom stereocenters. The third-order valence-corrected chi connectivity index (χ3v) is 2.10. The average Bonchev–Trinajstić information content (AvgIpc) is 2.08. The van der Waals surface area contributed by atoms with Crippen molar-refractivity contribution in [2.45, 2.75) is 46.5 Å². The summed E-state index contributed by atoms with van der Waals surface area (Å²) in [5.41, 5.74) is -0.594. The molecule has 0 aliphatic rings. The van der Waals surface area contributed by atoms with Crippen LogP contribution in [0.25, 0.3) is 0 Å². The Morgan fingerprint density at radius 2 is 1.62 bits per heavy atom. The molecule has 0 saturated heterocycles. The predicted octanol–water partition coefficient (Wildman–Crippen LogP) is 1.44. The Labute approximate surface area is 85.4 Å². The molecular weight excluding hydrogens is 190 g/mol. The summed E-state index contributed by atoms with van der Waals surface area (Å²) in [6.45, 7) is 5.77. The van der Waals surface area contributed by atoms with Gasteiger partial charge in [0.2, 0.25) is 0 Å². The first-order chi connectivity index (χ1) is 6.06. The van der Waals surface area contributed by atoms with Gasteiger partial charge in [0, 0.05) is 11.4 Å². The number of nitrogens with two attached hydrogens (primary N) is 1. The van der Waals surface area contributed by atoms with Gasteiger partial charge < -0.3 is 9.90 Å². The van der Waals surface area contributed by atoms with E-state index in [2.05, 4.69) is 17.0 Å². The van der Waals surface area contributed by atoms with Crippen LogP contribution in [0.2, 0.25) is 0 Å². The van der Waals surface area contributed by atoms with Gasteiger partial charge in [-0.3, -0.25) is 0 Å². The lowest BCUT2D eigenvalue weighted by Crippen LogP contribution is -2.40. The third kappa shape index (κ3) is 5.88. The minimum atomic E-state index is -0.902. The summed E-state index contributed by atoms with van der Waals surface area (Å²) in [5.74, 6) is -0.902. The van der Waals surface area contributed by atoms with Crippen LogP contribution in [0.15, 0.2) is 0 Å². The highest BCUT2D eigenvalue weighted by Crippen LogP contribution is 2.27. The van der Waals surface area contributed by atoms with E-state index in [4.69, 9.17) is 0 Å². The van der Waals surface area contributed by atoms with E-state index >= 15 is 0 Å². The van der Waals surface area contributed by atoms with Crippen molar-refractivity contribution in [3.05, 3.63) is 0 Å². The molecule has 80 valence electrons. The second-order valence-corrected chi connectivity index (χ2v) is 3.35. The van der Waals surface area contributed by atoms with Crippen LogP contribution in [0.5, 0.6) is 0 Å². The number of rotatable bonds is 5. The largest absolute Gasteiger partial charge is 0.550 e. The summed E-state index contributed by atoms with van der Waals surface area (Å²) < 4.78 is 0. The molecule has 2 N–H and O–H groups in total. The zero-order chi connectivity index (χ0) is 10.9. The molecule has 0 amide bonds. The number of halogens is 1. The molecule has 0 aliphatic heterocycles. The molecule has 0 unspecified atom stereocenters. The van der Waals surface area contributed by atoms with E-state index in [-0.39, 0.29) is 0 Å². The lowest BCUT2D eigenvalue weighted by molar-refractivity contribution is -0.319. The highest BCUT2D eigenvalue weighted by Gasteiger charge is 2.23. The van der Waals surface area contributed by atoms with E-state index in [1.165, 1.54) is 0 Å². The van der Waals surface area contributed by atoms with Crippen LogP contribution >= 0.6 is 11.8 Å². The summed E-state index contributed by atoms with van der Waals surface area (Å²) in [6, 6.07) is 0. The van der Waals surface area contributed by atoms with Crippen molar-refractivity contribution in [2.24, 2.45) is 10.7 Å². The van der Waals surface area contributed by atoms with E-state index < -0.39 is 11.4 Å². The highest BCUT2D eigenvalue weighted by atomic mass is 35.5. The Bertz CT molecular complexity index is 134. The molecular formula is C9H19ClNO2-. The minimum absolute atomic E-state index is 0.594. The molecule has 0 saturated carbocycles. The van der Waals surface area contributed by atoms with E-state index in [1.807, 2.05) is 13.8 Å². The van der Waals surface area contributed by atoms with Crippen molar-refractivity contribution >= 4 is 17.7 Å². The first-order valence-corrected chi connectivity index (χ1v) is 4.93. The Morgan fingerprint density at radius 3 is 1.77 bits per heavy atom. The molecule has 0 fully saturated rings. The van der Waals surface area contributed by atoms with Crippen LogP contribution in [0.3, 0.4) is 0 Å². The lowest BCUT2D eigenvalue weighted by Gasteiger charge is -2.29. The second kappa shape index (κ2) is 8.32. The van der Waals surface area contributed by atoms with Gasteiger partial charge in [-0.05, 0) is 24.6 Å². The Hall–Kier alpha value is -0.280. The van der Waals surface area contributed by atoms with Crippen LogP contribution in [-0.4, -0.2) is 5.97 Å². The van der Waals surface area contributed by atoms with Crippen LogP contribution in [0.4, 0.5) is 0 Å². The van der Waals surface area contributed by atoms with Crippen molar-refractivity contribution in [1.29, 1.82) is 0 Å². The molecule has 0 heterocycles. The Balaban J connectivity index is 0. The number of carbonyl (C=O) groups excluding carboxylic acids is 1. The quantitative estimate of drug-likeness (QED) is 0.696. The van der Waals surface area contributed by atoms with Crippen LogP contribution < -0.4 is 10.4 Å². The van der Waals surface area contributed by atoms with E-state index in [1.54, 1.807) is 6.92 Å². The summed E-state index contributed by atoms with van der Waals surface area (Å²) in [7, 11) is 0. The fourth-order valence-electron chi connectivity index (χ4n) is 1.43. The van der Waals surface area contributed by atoms with Crippen molar-refractivity contribution < 1.29 is 9.90 Å². The maximum atomic E-state index is 10.7. The lowest BCUT2D eigenvalue weighted by atomic mass is 9.81. The molecule has 0 bridgehead atoms. The summed E-state index contributed by atoms with van der Waals surface area (Å²) >= 11 is 4.14. The van der Waals surface area contributed by atoms with E-state index in [0.29, 0.717) is 0 Å². The minimum Gasteiger partial charge on any atom is -0.550 e. The fraction of sp³-hybridized carbons (Fsp3) is 0.889. The topological polar surface area (TPSA) is 66.1 Å². The monoisotopic (exact) mass is 208 g/mol. The van der Waals surface area contributed by atoms with Crippen LogP contribution in [-0.2, 0) is 4.79 Å². The van der Waals surface area contributed by atoms with Gasteiger partial charge in [-0.15, -0.1) is 0 Å². The first-order valence-electron chi connectivity index (χ1n) is 4.50. The van der Waals surface area contributed by atoms with Crippen molar-refractivity contribution in [3.8, 4) is 0 Å². The van der Waals surface area contributed by atoms with Gasteiger partial charge in [0.15, 0.2) is 0 Å². The van der Waals surface area contributed by atoms with Crippen LogP contribution in [0, 0.1) is 5.41 Å². The molecule has 0 aromatic carbocycles. The smallest absolute Gasteiger partial charge is 0.0473 e. The molecule has 4 heteroatoms. The summed E-state index contributed by atoms with van der Waals surface area (Å²) in [5, 5.41) is 14.7. The zero-order valence-corrected chi connectivity index (χ0v) is 9.36. The van der Waals surface area contributed by atoms with Gasteiger partial charge >= 0.3 is 0 Å². The number of hydrogen-bond acceptors (Lipinski definition) is 3. The molecule has 0 aromatic rings. The van der Waals surface area contributed by atoms with Crippen molar-refractivity contribution in [3.63, 3.8) is 0 Å².